The highest BCUT2D eigenvalue weighted by atomic mass is 35.5. The second-order valence-electron chi connectivity index (χ2n) is 7.91. The number of carbonyl (C=O) groups excluding carboxylic acids is 3. The monoisotopic (exact) mass is 445 g/mol. The van der Waals surface area contributed by atoms with Gasteiger partial charge in [-0.15, -0.1) is 0 Å². The molecule has 4 rings (SSSR count). The maximum Gasteiger partial charge on any atom is 0.268 e. The molecule has 1 aliphatic carbocycles. The van der Waals surface area contributed by atoms with E-state index in [1.807, 2.05) is 6.07 Å². The molecule has 2 fully saturated rings. The number of carbonyl (C=O) groups is 3. The molecule has 0 unspecified atom stereocenters. The summed E-state index contributed by atoms with van der Waals surface area (Å²) < 4.78 is 13.5. The molecular weight excluding hydrogens is 425 g/mol. The van der Waals surface area contributed by atoms with Crippen LogP contribution in [0.1, 0.15) is 46.7 Å². The lowest BCUT2D eigenvalue weighted by molar-refractivity contribution is -0.149. The van der Waals surface area contributed by atoms with Crippen LogP contribution in [0.3, 0.4) is 0 Å². The minimum atomic E-state index is -2.30. The second-order valence-corrected chi connectivity index (χ2v) is 8.34. The summed E-state index contributed by atoms with van der Waals surface area (Å²) in [5.41, 5.74) is 5.00. The summed E-state index contributed by atoms with van der Waals surface area (Å²) in [6.07, 6.45) is 1.72. The summed E-state index contributed by atoms with van der Waals surface area (Å²) in [6, 6.07) is 8.92. The number of nitrogens with zero attached hydrogens (tertiary/aromatic N) is 1. The van der Waals surface area contributed by atoms with Crippen molar-refractivity contribution in [3.05, 3.63) is 63.9 Å². The zero-order valence-corrected chi connectivity index (χ0v) is 17.3. The van der Waals surface area contributed by atoms with Crippen LogP contribution in [-0.4, -0.2) is 35.0 Å². The van der Waals surface area contributed by atoms with Crippen molar-refractivity contribution in [2.45, 2.75) is 37.3 Å². The van der Waals surface area contributed by atoms with Gasteiger partial charge in [0.05, 0.1) is 11.3 Å². The third kappa shape index (κ3) is 4.00. The summed E-state index contributed by atoms with van der Waals surface area (Å²) >= 11 is 5.81. The van der Waals surface area contributed by atoms with E-state index in [-0.39, 0.29) is 36.0 Å². The number of hydrogen-bond acceptors (Lipinski definition) is 4. The Morgan fingerprint density at radius 1 is 1.29 bits per heavy atom. The van der Waals surface area contributed by atoms with Crippen LogP contribution in [0, 0.1) is 5.82 Å². The van der Waals surface area contributed by atoms with Gasteiger partial charge in [0.1, 0.15) is 5.82 Å². The van der Waals surface area contributed by atoms with Crippen LogP contribution in [-0.2, 0) is 16.1 Å². The molecule has 1 heterocycles. The standard InChI is InChI=1S/C22H21ClFN3O4/c23-14-8-12(9-15(24)10-14)11-26-20(29)22(31)6-7-27(21(22)30)17-3-1-2-16(13-4-5-13)18(17)19(25)28/h1-3,8-10,13,31H,4-7,11H2,(H2,25,28)(H,26,29)/t22-/m1/s1. The minimum absolute atomic E-state index is 0.0446. The van der Waals surface area contributed by atoms with Gasteiger partial charge in [-0.05, 0) is 54.2 Å². The van der Waals surface area contributed by atoms with Crippen molar-refractivity contribution in [2.75, 3.05) is 11.4 Å². The predicted molar refractivity (Wildman–Crippen MR) is 112 cm³/mol. The summed E-state index contributed by atoms with van der Waals surface area (Å²) in [6.45, 7) is -0.0709. The van der Waals surface area contributed by atoms with Gasteiger partial charge in [0.2, 0.25) is 5.60 Å². The highest BCUT2D eigenvalue weighted by Gasteiger charge is 2.52. The Balaban J connectivity index is 1.55. The van der Waals surface area contributed by atoms with E-state index < -0.39 is 29.1 Å². The van der Waals surface area contributed by atoms with Crippen LogP contribution in [0.15, 0.2) is 36.4 Å². The fourth-order valence-electron chi connectivity index (χ4n) is 3.97. The zero-order valence-electron chi connectivity index (χ0n) is 16.5. The van der Waals surface area contributed by atoms with Gasteiger partial charge in [0.15, 0.2) is 0 Å². The molecule has 0 spiro atoms. The van der Waals surface area contributed by atoms with Crippen LogP contribution < -0.4 is 16.0 Å². The van der Waals surface area contributed by atoms with Gasteiger partial charge in [0, 0.05) is 24.5 Å². The average Bonchev–Trinajstić information content (AvgIpc) is 3.51. The van der Waals surface area contributed by atoms with Gasteiger partial charge in [0.25, 0.3) is 17.7 Å². The summed E-state index contributed by atoms with van der Waals surface area (Å²) in [5, 5.41) is 13.5. The van der Waals surface area contributed by atoms with E-state index in [9.17, 15) is 23.9 Å². The number of amides is 3. The van der Waals surface area contributed by atoms with Crippen molar-refractivity contribution in [2.24, 2.45) is 5.73 Å². The summed E-state index contributed by atoms with van der Waals surface area (Å²) in [4.78, 5) is 39.1. The lowest BCUT2D eigenvalue weighted by Crippen LogP contribution is -2.52. The van der Waals surface area contributed by atoms with E-state index >= 15 is 0 Å². The molecule has 1 saturated carbocycles. The van der Waals surface area contributed by atoms with E-state index in [0.29, 0.717) is 11.3 Å². The number of anilines is 1. The van der Waals surface area contributed by atoms with Gasteiger partial charge < -0.3 is 21.1 Å². The van der Waals surface area contributed by atoms with Crippen molar-refractivity contribution in [3.63, 3.8) is 0 Å². The van der Waals surface area contributed by atoms with Crippen LogP contribution >= 0.6 is 11.6 Å². The molecule has 9 heteroatoms. The van der Waals surface area contributed by atoms with Crippen LogP contribution in [0.5, 0.6) is 0 Å². The third-order valence-electron chi connectivity index (χ3n) is 5.68. The molecule has 0 aromatic heterocycles. The second kappa shape index (κ2) is 7.94. The van der Waals surface area contributed by atoms with E-state index in [0.717, 1.165) is 24.5 Å². The molecular formula is C22H21ClFN3O4. The smallest absolute Gasteiger partial charge is 0.268 e. The Morgan fingerprint density at radius 2 is 2.03 bits per heavy atom. The molecule has 162 valence electrons. The number of nitrogens with two attached hydrogens (primary N) is 1. The number of primary amides is 1. The number of hydrogen-bond donors (Lipinski definition) is 3. The number of benzene rings is 2. The normalized spacial score (nSPS) is 20.7. The fourth-order valence-corrected chi connectivity index (χ4v) is 4.22. The minimum Gasteiger partial charge on any atom is -0.372 e. The molecule has 1 saturated heterocycles. The van der Waals surface area contributed by atoms with E-state index in [2.05, 4.69) is 5.32 Å². The first kappa shape index (κ1) is 21.3. The van der Waals surface area contributed by atoms with E-state index in [4.69, 9.17) is 17.3 Å². The maximum absolute atomic E-state index is 13.5. The quantitative estimate of drug-likeness (QED) is 0.592. The summed E-state index contributed by atoms with van der Waals surface area (Å²) in [7, 11) is 0. The molecule has 1 atom stereocenters. The number of aliphatic hydroxyl groups is 1. The molecule has 3 amide bonds. The molecule has 2 aromatic carbocycles. The van der Waals surface area contributed by atoms with Crippen molar-refractivity contribution < 1.29 is 23.9 Å². The molecule has 31 heavy (non-hydrogen) atoms. The molecule has 2 aliphatic rings. The number of rotatable bonds is 6. The number of halogens is 2. The van der Waals surface area contributed by atoms with Gasteiger partial charge >= 0.3 is 0 Å². The first-order chi connectivity index (χ1) is 14.7. The van der Waals surface area contributed by atoms with Crippen LogP contribution in [0.2, 0.25) is 5.02 Å². The first-order valence-corrected chi connectivity index (χ1v) is 10.3. The largest absolute Gasteiger partial charge is 0.372 e. The van der Waals surface area contributed by atoms with Crippen molar-refractivity contribution in [1.29, 1.82) is 0 Å². The lowest BCUT2D eigenvalue weighted by Gasteiger charge is -2.24. The van der Waals surface area contributed by atoms with E-state index in [1.165, 1.54) is 17.0 Å². The molecule has 0 radical (unpaired) electrons. The molecule has 0 bridgehead atoms. The SMILES string of the molecule is NC(=O)c1c(C2CC2)cccc1N1CC[C@@](O)(C(=O)NCc2cc(F)cc(Cl)c2)C1=O. The Kier molecular flexibility index (Phi) is 5.45. The average molecular weight is 446 g/mol. The van der Waals surface area contributed by atoms with Gasteiger partial charge in [-0.25, -0.2) is 4.39 Å². The highest BCUT2D eigenvalue weighted by Crippen LogP contribution is 2.44. The Hall–Kier alpha value is -2.97. The summed E-state index contributed by atoms with van der Waals surface area (Å²) in [5.74, 6) is -2.74. The molecule has 7 nitrogen and oxygen atoms in total. The van der Waals surface area contributed by atoms with Gasteiger partial charge in [-0.2, -0.15) is 0 Å². The molecule has 1 aliphatic heterocycles. The van der Waals surface area contributed by atoms with Crippen molar-refractivity contribution in [1.82, 2.24) is 5.32 Å². The fraction of sp³-hybridized carbons (Fsp3) is 0.318. The predicted octanol–water partition coefficient (Wildman–Crippen LogP) is 2.24. The third-order valence-corrected chi connectivity index (χ3v) is 5.89. The van der Waals surface area contributed by atoms with E-state index in [1.54, 1.807) is 12.1 Å². The first-order valence-electron chi connectivity index (χ1n) is 9.91. The van der Waals surface area contributed by atoms with Gasteiger partial charge in [-0.1, -0.05) is 23.7 Å². The Bertz CT molecular complexity index is 1070. The van der Waals surface area contributed by atoms with Crippen LogP contribution in [0.25, 0.3) is 0 Å². The maximum atomic E-state index is 13.5. The molecule has 2 aromatic rings. The van der Waals surface area contributed by atoms with Crippen molar-refractivity contribution in [3.8, 4) is 0 Å². The van der Waals surface area contributed by atoms with Crippen molar-refractivity contribution >= 4 is 35.0 Å². The number of nitrogens with one attached hydrogen (secondary N) is 1. The Labute approximate surface area is 183 Å². The lowest BCUT2D eigenvalue weighted by atomic mass is 9.99. The van der Waals surface area contributed by atoms with Gasteiger partial charge in [-0.3, -0.25) is 14.4 Å². The molecule has 4 N–H and O–H groups in total. The Morgan fingerprint density at radius 3 is 2.68 bits per heavy atom. The van der Waals surface area contributed by atoms with Crippen LogP contribution in [0.4, 0.5) is 10.1 Å². The topological polar surface area (TPSA) is 113 Å². The highest BCUT2D eigenvalue weighted by molar-refractivity contribution is 6.30. The zero-order chi connectivity index (χ0) is 22.3.